The SMILES string of the molecule is C=C(C)C#C[C@@H](c1ccc(SC(F)(F)F)cc1)N1CC[C@H](CC(=O)O)C[C@@H]1c1ccc(C(F)(F)F)cc1. The van der Waals surface area contributed by atoms with Gasteiger partial charge in [-0.25, -0.2) is 0 Å². The van der Waals surface area contributed by atoms with Gasteiger partial charge in [0.25, 0.3) is 0 Å². The molecule has 0 spiro atoms. The molecular weight excluding hydrogens is 516 g/mol. The van der Waals surface area contributed by atoms with Gasteiger partial charge in [-0.2, -0.15) is 26.3 Å². The maximum absolute atomic E-state index is 13.1. The van der Waals surface area contributed by atoms with Gasteiger partial charge in [-0.1, -0.05) is 42.7 Å². The first-order valence-corrected chi connectivity index (χ1v) is 12.2. The summed E-state index contributed by atoms with van der Waals surface area (Å²) in [6.45, 7) is 5.89. The van der Waals surface area contributed by atoms with E-state index in [0.717, 1.165) is 12.1 Å². The van der Waals surface area contributed by atoms with E-state index in [4.69, 9.17) is 0 Å². The molecule has 1 N–H and O–H groups in total. The molecule has 2 aromatic carbocycles. The molecule has 1 heterocycles. The zero-order chi connectivity index (χ0) is 27.4. The van der Waals surface area contributed by atoms with Gasteiger partial charge in [0, 0.05) is 23.9 Å². The molecule has 1 fully saturated rings. The summed E-state index contributed by atoms with van der Waals surface area (Å²) in [7, 11) is 0. The lowest BCUT2D eigenvalue weighted by atomic mass is 9.83. The number of benzene rings is 2. The van der Waals surface area contributed by atoms with Crippen LogP contribution in [0.1, 0.15) is 55.0 Å². The van der Waals surface area contributed by atoms with Crippen LogP contribution in [0.2, 0.25) is 0 Å². The predicted molar refractivity (Wildman–Crippen MR) is 130 cm³/mol. The van der Waals surface area contributed by atoms with Gasteiger partial charge in [0.05, 0.1) is 11.6 Å². The van der Waals surface area contributed by atoms with Crippen molar-refractivity contribution < 1.29 is 36.2 Å². The van der Waals surface area contributed by atoms with Crippen LogP contribution in [0, 0.1) is 17.8 Å². The van der Waals surface area contributed by atoms with Gasteiger partial charge in [0.2, 0.25) is 0 Å². The average molecular weight is 542 g/mol. The maximum atomic E-state index is 13.1. The highest BCUT2D eigenvalue weighted by atomic mass is 32.2. The number of nitrogens with zero attached hydrogens (tertiary/aromatic N) is 1. The second-order valence-electron chi connectivity index (χ2n) is 8.93. The summed E-state index contributed by atoms with van der Waals surface area (Å²) in [5.74, 6) is 4.89. The predicted octanol–water partition coefficient (Wildman–Crippen LogP) is 7.87. The molecule has 0 unspecified atom stereocenters. The molecule has 3 atom stereocenters. The van der Waals surface area contributed by atoms with Gasteiger partial charge >= 0.3 is 17.7 Å². The van der Waals surface area contributed by atoms with Crippen LogP contribution in [0.15, 0.2) is 65.6 Å². The van der Waals surface area contributed by atoms with Crippen LogP contribution in [-0.4, -0.2) is 28.0 Å². The molecule has 1 saturated heterocycles. The summed E-state index contributed by atoms with van der Waals surface area (Å²) in [4.78, 5) is 13.3. The van der Waals surface area contributed by atoms with E-state index in [2.05, 4.69) is 18.4 Å². The Morgan fingerprint density at radius 3 is 2.24 bits per heavy atom. The number of carbonyl (C=O) groups is 1. The number of hydrogen-bond acceptors (Lipinski definition) is 3. The van der Waals surface area contributed by atoms with E-state index in [1.165, 1.54) is 24.3 Å². The van der Waals surface area contributed by atoms with Crippen LogP contribution in [-0.2, 0) is 11.0 Å². The van der Waals surface area contributed by atoms with Crippen molar-refractivity contribution in [3.8, 4) is 11.8 Å². The number of carboxylic acids is 1. The number of thioether (sulfide) groups is 1. The highest BCUT2D eigenvalue weighted by Gasteiger charge is 2.36. The van der Waals surface area contributed by atoms with Crippen LogP contribution >= 0.6 is 11.8 Å². The lowest BCUT2D eigenvalue weighted by Crippen LogP contribution is -2.39. The lowest BCUT2D eigenvalue weighted by molar-refractivity contribution is -0.139. The summed E-state index contributed by atoms with van der Waals surface area (Å²) < 4.78 is 77.7. The molecule has 1 aliphatic heterocycles. The summed E-state index contributed by atoms with van der Waals surface area (Å²) in [6.07, 6.45) is -3.67. The van der Waals surface area contributed by atoms with Crippen LogP contribution in [0.4, 0.5) is 26.3 Å². The van der Waals surface area contributed by atoms with Crippen LogP contribution in [0.5, 0.6) is 0 Å². The van der Waals surface area contributed by atoms with Crippen molar-refractivity contribution in [1.29, 1.82) is 0 Å². The third-order valence-corrected chi connectivity index (χ3v) is 6.76. The van der Waals surface area contributed by atoms with E-state index >= 15 is 0 Å². The van der Waals surface area contributed by atoms with Crippen molar-refractivity contribution >= 4 is 17.7 Å². The number of carboxylic acid groups (broad SMARTS) is 1. The number of alkyl halides is 6. The van der Waals surface area contributed by atoms with Crippen LogP contribution < -0.4 is 0 Å². The quantitative estimate of drug-likeness (QED) is 0.230. The first-order chi connectivity index (χ1) is 17.2. The smallest absolute Gasteiger partial charge is 0.446 e. The van der Waals surface area contributed by atoms with E-state index < -0.39 is 35.3 Å². The molecule has 0 amide bonds. The minimum atomic E-state index is -4.50. The van der Waals surface area contributed by atoms with E-state index in [9.17, 15) is 36.2 Å². The maximum Gasteiger partial charge on any atom is 0.446 e. The molecule has 0 saturated carbocycles. The van der Waals surface area contributed by atoms with Crippen LogP contribution in [0.25, 0.3) is 0 Å². The Labute approximate surface area is 215 Å². The zero-order valence-corrected chi connectivity index (χ0v) is 20.7. The third kappa shape index (κ3) is 8.30. The summed E-state index contributed by atoms with van der Waals surface area (Å²) >= 11 is -0.230. The molecule has 3 nitrogen and oxygen atoms in total. The summed E-state index contributed by atoms with van der Waals surface area (Å²) in [5, 5.41) is 9.30. The second-order valence-corrected chi connectivity index (χ2v) is 10.1. The van der Waals surface area contributed by atoms with Crippen molar-refractivity contribution in [2.75, 3.05) is 6.54 Å². The molecule has 0 bridgehead atoms. The molecule has 10 heteroatoms. The lowest BCUT2D eigenvalue weighted by Gasteiger charge is -2.42. The Hall–Kier alpha value is -2.90. The van der Waals surface area contributed by atoms with Crippen molar-refractivity contribution in [2.45, 2.75) is 54.8 Å². The molecular formula is C27H25F6NO2S. The topological polar surface area (TPSA) is 40.5 Å². The van der Waals surface area contributed by atoms with Crippen molar-refractivity contribution in [1.82, 2.24) is 4.90 Å². The largest absolute Gasteiger partial charge is 0.481 e. The molecule has 0 aromatic heterocycles. The van der Waals surface area contributed by atoms with Gasteiger partial charge in [-0.15, -0.1) is 0 Å². The monoisotopic (exact) mass is 541 g/mol. The van der Waals surface area contributed by atoms with Crippen molar-refractivity contribution in [2.24, 2.45) is 5.92 Å². The van der Waals surface area contributed by atoms with Gasteiger partial charge in [0.15, 0.2) is 0 Å². The van der Waals surface area contributed by atoms with Crippen molar-refractivity contribution in [3.05, 3.63) is 77.4 Å². The fourth-order valence-corrected chi connectivity index (χ4v) is 4.96. The number of aliphatic carboxylic acids is 1. The Kier molecular flexibility index (Phi) is 9.03. The normalized spacial score (nSPS) is 19.5. The third-order valence-electron chi connectivity index (χ3n) is 6.02. The van der Waals surface area contributed by atoms with Crippen LogP contribution in [0.3, 0.4) is 0 Å². The Morgan fingerprint density at radius 2 is 1.73 bits per heavy atom. The molecule has 1 aliphatic rings. The number of likely N-dealkylation sites (tertiary alicyclic amines) is 1. The molecule has 198 valence electrons. The van der Waals surface area contributed by atoms with Gasteiger partial charge in [0.1, 0.15) is 0 Å². The number of allylic oxidation sites excluding steroid dienone is 1. The Balaban J connectivity index is 2.01. The molecule has 0 radical (unpaired) electrons. The number of hydrogen-bond donors (Lipinski definition) is 1. The summed E-state index contributed by atoms with van der Waals surface area (Å²) in [5.41, 5.74) is -3.46. The molecule has 2 aromatic rings. The standard InChI is InChI=1S/C27H25F6NO2S/c1-17(2)3-12-23(19-6-10-22(11-7-19)37-27(31,32)33)34-14-13-18(16-25(35)36)15-24(34)20-4-8-21(9-5-20)26(28,29)30/h4-11,18,23-24H,1,13-16H2,2H3,(H,35,36)/t18-,23-,24+/m0/s1. The molecule has 37 heavy (non-hydrogen) atoms. The minimum absolute atomic E-state index is 0.0160. The van der Waals surface area contributed by atoms with Crippen molar-refractivity contribution in [3.63, 3.8) is 0 Å². The van der Waals surface area contributed by atoms with E-state index in [-0.39, 0.29) is 29.0 Å². The van der Waals surface area contributed by atoms with E-state index in [1.807, 2.05) is 4.90 Å². The first-order valence-electron chi connectivity index (χ1n) is 11.4. The van der Waals surface area contributed by atoms with Gasteiger partial charge < -0.3 is 5.11 Å². The highest BCUT2D eigenvalue weighted by Crippen LogP contribution is 2.42. The number of piperidine rings is 1. The fraction of sp³-hybridized carbons (Fsp3) is 0.370. The highest BCUT2D eigenvalue weighted by molar-refractivity contribution is 8.00. The van der Waals surface area contributed by atoms with E-state index in [1.54, 1.807) is 19.1 Å². The second kappa shape index (κ2) is 11.7. The fourth-order valence-electron chi connectivity index (χ4n) is 4.42. The Bertz CT molecular complexity index is 1160. The number of halogens is 6. The first kappa shape index (κ1) is 28.7. The molecule has 3 rings (SSSR count). The summed E-state index contributed by atoms with van der Waals surface area (Å²) in [6, 6.07) is 9.52. The van der Waals surface area contributed by atoms with Gasteiger partial charge in [-0.3, -0.25) is 9.69 Å². The zero-order valence-electron chi connectivity index (χ0n) is 19.9. The average Bonchev–Trinajstić information content (AvgIpc) is 2.79. The van der Waals surface area contributed by atoms with Gasteiger partial charge in [-0.05, 0) is 78.4 Å². The minimum Gasteiger partial charge on any atom is -0.481 e. The molecule has 0 aliphatic carbocycles. The number of rotatable bonds is 6. The van der Waals surface area contributed by atoms with E-state index in [0.29, 0.717) is 36.1 Å². The Morgan fingerprint density at radius 1 is 1.11 bits per heavy atom.